The topological polar surface area (TPSA) is 81.2 Å². The number of aliphatic carboxylic acids is 1. The summed E-state index contributed by atoms with van der Waals surface area (Å²) in [5, 5.41) is 10.5. The van der Waals surface area contributed by atoms with Crippen LogP contribution in [-0.2, 0) is 21.5 Å². The molecule has 0 unspecified atom stereocenters. The highest BCUT2D eigenvalue weighted by Gasteiger charge is 2.54. The van der Waals surface area contributed by atoms with Crippen LogP contribution < -0.4 is 0 Å². The average molecular weight is 526 g/mol. The molecule has 2 fully saturated rings. The SMILES string of the molecule is CN(Cc1ccccc1)C(=O)N1[C@H]2CCC[C@@H]1[C@@H](C(=O)O)N(C(=O)C(C)(c1ccccc1)c1ccccc1)C2. The van der Waals surface area contributed by atoms with Crippen molar-refractivity contribution in [3.05, 3.63) is 108 Å². The number of fused-ring (bicyclic) bond motifs is 2. The molecule has 0 saturated carbocycles. The number of carbonyl (C=O) groups excluding carboxylic acids is 2. The van der Waals surface area contributed by atoms with Crippen molar-refractivity contribution in [1.82, 2.24) is 14.7 Å². The van der Waals surface area contributed by atoms with E-state index in [9.17, 15) is 19.5 Å². The van der Waals surface area contributed by atoms with Crippen molar-refractivity contribution >= 4 is 17.9 Å². The van der Waals surface area contributed by atoms with Gasteiger partial charge in [0, 0.05) is 20.1 Å². The van der Waals surface area contributed by atoms with Crippen LogP contribution in [0.2, 0.25) is 0 Å². The van der Waals surface area contributed by atoms with Crippen molar-refractivity contribution in [3.63, 3.8) is 0 Å². The minimum Gasteiger partial charge on any atom is -0.480 e. The number of amides is 3. The number of benzene rings is 3. The Balaban J connectivity index is 1.49. The second-order valence-corrected chi connectivity index (χ2v) is 10.8. The van der Waals surface area contributed by atoms with Crippen LogP contribution in [0.5, 0.6) is 0 Å². The first-order valence-electron chi connectivity index (χ1n) is 13.5. The van der Waals surface area contributed by atoms with Crippen LogP contribution in [0.3, 0.4) is 0 Å². The molecule has 0 aliphatic carbocycles. The Kier molecular flexibility index (Phi) is 7.42. The lowest BCUT2D eigenvalue weighted by atomic mass is 9.73. The maximum absolute atomic E-state index is 14.6. The standard InChI is InChI=1S/C32H35N3O4/c1-32(24-15-8-4-9-16-24,25-17-10-5-11-18-25)30(38)34-22-26-19-12-20-27(28(34)29(36)37)35(26)31(39)33(2)21-23-13-6-3-7-14-23/h3-11,13-18,26-28H,12,19-22H2,1-2H3,(H,36,37)/t26-,27+,28-/m0/s1. The van der Waals surface area contributed by atoms with Gasteiger partial charge in [0.15, 0.2) is 0 Å². The number of carboxylic acids is 1. The normalized spacial score (nSPS) is 20.8. The third-order valence-electron chi connectivity index (χ3n) is 8.35. The minimum absolute atomic E-state index is 0.187. The smallest absolute Gasteiger partial charge is 0.328 e. The largest absolute Gasteiger partial charge is 0.480 e. The monoisotopic (exact) mass is 525 g/mol. The second kappa shape index (κ2) is 10.9. The zero-order valence-electron chi connectivity index (χ0n) is 22.4. The third kappa shape index (κ3) is 4.89. The summed E-state index contributed by atoms with van der Waals surface area (Å²) in [6.07, 6.45) is 2.09. The number of urea groups is 1. The van der Waals surface area contributed by atoms with E-state index >= 15 is 0 Å². The molecule has 5 rings (SSSR count). The number of hydrogen-bond donors (Lipinski definition) is 1. The fraction of sp³-hybridized carbons (Fsp3) is 0.344. The molecule has 3 amide bonds. The third-order valence-corrected chi connectivity index (χ3v) is 8.35. The number of rotatable bonds is 6. The van der Waals surface area contributed by atoms with E-state index in [1.54, 1.807) is 16.8 Å². The van der Waals surface area contributed by atoms with Crippen LogP contribution in [0, 0.1) is 0 Å². The molecule has 3 atom stereocenters. The number of piperazine rings is 1. The summed E-state index contributed by atoms with van der Waals surface area (Å²) in [5.74, 6) is -1.34. The molecule has 2 saturated heterocycles. The summed E-state index contributed by atoms with van der Waals surface area (Å²) in [4.78, 5) is 46.1. The first kappa shape index (κ1) is 26.5. The molecule has 0 radical (unpaired) electrons. The van der Waals surface area contributed by atoms with Crippen molar-refractivity contribution in [2.24, 2.45) is 0 Å². The van der Waals surface area contributed by atoms with Gasteiger partial charge in [-0.1, -0.05) is 91.0 Å². The highest BCUT2D eigenvalue weighted by atomic mass is 16.4. The average Bonchev–Trinajstić information content (AvgIpc) is 2.96. The number of nitrogens with zero attached hydrogens (tertiary/aromatic N) is 3. The quantitative estimate of drug-likeness (QED) is 0.503. The maximum Gasteiger partial charge on any atom is 0.328 e. The van der Waals surface area contributed by atoms with E-state index in [1.807, 2.05) is 97.9 Å². The highest BCUT2D eigenvalue weighted by molar-refractivity contribution is 5.95. The summed E-state index contributed by atoms with van der Waals surface area (Å²) < 4.78 is 0. The van der Waals surface area contributed by atoms with Gasteiger partial charge in [0.2, 0.25) is 5.91 Å². The zero-order chi connectivity index (χ0) is 27.6. The molecule has 7 nitrogen and oxygen atoms in total. The van der Waals surface area contributed by atoms with Gasteiger partial charge in [-0.05, 0) is 42.9 Å². The number of piperidine rings is 1. The van der Waals surface area contributed by atoms with E-state index in [-0.39, 0.29) is 24.5 Å². The van der Waals surface area contributed by atoms with Crippen molar-refractivity contribution in [2.75, 3.05) is 13.6 Å². The number of hydrogen-bond acceptors (Lipinski definition) is 3. The molecular formula is C32H35N3O4. The van der Waals surface area contributed by atoms with Gasteiger partial charge < -0.3 is 19.8 Å². The molecule has 2 aliphatic rings. The summed E-state index contributed by atoms with van der Waals surface area (Å²) in [7, 11) is 1.75. The Morgan fingerprint density at radius 1 is 0.872 bits per heavy atom. The van der Waals surface area contributed by atoms with E-state index < -0.39 is 23.5 Å². The molecule has 2 bridgehead atoms. The van der Waals surface area contributed by atoms with Gasteiger partial charge in [-0.2, -0.15) is 0 Å². The molecular weight excluding hydrogens is 490 g/mol. The Hall–Kier alpha value is -4.13. The fourth-order valence-electron chi connectivity index (χ4n) is 6.32. The van der Waals surface area contributed by atoms with Crippen LogP contribution in [0.1, 0.15) is 42.9 Å². The van der Waals surface area contributed by atoms with Crippen molar-refractivity contribution in [1.29, 1.82) is 0 Å². The van der Waals surface area contributed by atoms with Crippen LogP contribution in [-0.4, -0.2) is 69.4 Å². The van der Waals surface area contributed by atoms with Crippen LogP contribution in [0.4, 0.5) is 4.79 Å². The van der Waals surface area contributed by atoms with Gasteiger partial charge in [-0.15, -0.1) is 0 Å². The van der Waals surface area contributed by atoms with Crippen molar-refractivity contribution in [2.45, 2.75) is 56.3 Å². The predicted octanol–water partition coefficient (Wildman–Crippen LogP) is 4.76. The summed E-state index contributed by atoms with van der Waals surface area (Å²) in [5.41, 5.74) is 1.53. The van der Waals surface area contributed by atoms with Crippen molar-refractivity contribution < 1.29 is 19.5 Å². The Morgan fingerprint density at radius 2 is 1.41 bits per heavy atom. The number of carbonyl (C=O) groups is 3. The highest BCUT2D eigenvalue weighted by Crippen LogP contribution is 2.39. The molecule has 2 aliphatic heterocycles. The molecule has 2 heterocycles. The summed E-state index contributed by atoms with van der Waals surface area (Å²) >= 11 is 0. The van der Waals surface area contributed by atoms with Crippen molar-refractivity contribution in [3.8, 4) is 0 Å². The molecule has 1 N–H and O–H groups in total. The maximum atomic E-state index is 14.6. The number of carboxylic acid groups (broad SMARTS) is 1. The lowest BCUT2D eigenvalue weighted by Gasteiger charge is -2.54. The van der Waals surface area contributed by atoms with E-state index in [0.717, 1.165) is 29.5 Å². The van der Waals surface area contributed by atoms with Gasteiger partial charge in [0.25, 0.3) is 0 Å². The Morgan fingerprint density at radius 3 is 1.95 bits per heavy atom. The number of likely N-dealkylation sites (tertiary alicyclic amines) is 1. The summed E-state index contributed by atoms with van der Waals surface area (Å²) in [6, 6.07) is 26.6. The van der Waals surface area contributed by atoms with E-state index in [2.05, 4.69) is 0 Å². The van der Waals surface area contributed by atoms with E-state index in [0.29, 0.717) is 13.0 Å². The second-order valence-electron chi connectivity index (χ2n) is 10.8. The molecule has 0 spiro atoms. The molecule has 3 aromatic carbocycles. The Labute approximate surface area is 229 Å². The lowest BCUT2D eigenvalue weighted by Crippen LogP contribution is -2.72. The van der Waals surface area contributed by atoms with Crippen LogP contribution in [0.25, 0.3) is 0 Å². The van der Waals surface area contributed by atoms with Gasteiger partial charge in [-0.3, -0.25) is 4.79 Å². The van der Waals surface area contributed by atoms with Gasteiger partial charge in [0.1, 0.15) is 6.04 Å². The first-order valence-corrected chi connectivity index (χ1v) is 13.5. The zero-order valence-corrected chi connectivity index (χ0v) is 22.4. The van der Waals surface area contributed by atoms with Gasteiger partial charge in [0.05, 0.1) is 17.5 Å². The Bertz CT molecular complexity index is 1280. The molecule has 202 valence electrons. The fourth-order valence-corrected chi connectivity index (χ4v) is 6.32. The predicted molar refractivity (Wildman–Crippen MR) is 149 cm³/mol. The van der Waals surface area contributed by atoms with Crippen LogP contribution >= 0.6 is 0 Å². The van der Waals surface area contributed by atoms with Gasteiger partial charge in [-0.25, -0.2) is 9.59 Å². The lowest BCUT2D eigenvalue weighted by molar-refractivity contribution is -0.162. The van der Waals surface area contributed by atoms with Crippen LogP contribution in [0.15, 0.2) is 91.0 Å². The first-order chi connectivity index (χ1) is 18.8. The molecule has 0 aromatic heterocycles. The molecule has 3 aromatic rings. The van der Waals surface area contributed by atoms with E-state index in [4.69, 9.17) is 0 Å². The van der Waals surface area contributed by atoms with E-state index in [1.165, 1.54) is 4.90 Å². The minimum atomic E-state index is -1.13. The molecule has 7 heteroatoms. The van der Waals surface area contributed by atoms with Gasteiger partial charge >= 0.3 is 12.0 Å². The molecule has 39 heavy (non-hydrogen) atoms. The summed E-state index contributed by atoms with van der Waals surface area (Å²) in [6.45, 7) is 2.49.